The number of amides is 2. The summed E-state index contributed by atoms with van der Waals surface area (Å²) in [6, 6.07) is 5.91. The SMILES string of the molecule is CN=C1S[C@@H](CC(=O)Nc2ccccc2F)C(=O)N1C. The van der Waals surface area contributed by atoms with Gasteiger partial charge >= 0.3 is 0 Å². The van der Waals surface area contributed by atoms with Crippen molar-refractivity contribution in [3.05, 3.63) is 30.1 Å². The predicted molar refractivity (Wildman–Crippen MR) is 77.2 cm³/mol. The van der Waals surface area contributed by atoms with Gasteiger partial charge in [-0.05, 0) is 12.1 Å². The van der Waals surface area contributed by atoms with Crippen LogP contribution in [0.2, 0.25) is 0 Å². The molecule has 1 aromatic rings. The van der Waals surface area contributed by atoms with Gasteiger partial charge in [-0.25, -0.2) is 4.39 Å². The molecule has 0 saturated carbocycles. The number of nitrogens with one attached hydrogen (secondary N) is 1. The fraction of sp³-hybridized carbons (Fsp3) is 0.308. The average Bonchev–Trinajstić information content (AvgIpc) is 2.69. The van der Waals surface area contributed by atoms with E-state index in [1.807, 2.05) is 0 Å². The second-order valence-electron chi connectivity index (χ2n) is 4.24. The molecule has 0 bridgehead atoms. The van der Waals surface area contributed by atoms with Crippen LogP contribution >= 0.6 is 11.8 Å². The maximum Gasteiger partial charge on any atom is 0.242 e. The molecule has 5 nitrogen and oxygen atoms in total. The van der Waals surface area contributed by atoms with E-state index >= 15 is 0 Å². The zero-order valence-corrected chi connectivity index (χ0v) is 11.9. The van der Waals surface area contributed by atoms with E-state index in [-0.39, 0.29) is 18.0 Å². The third-order valence-electron chi connectivity index (χ3n) is 2.85. The fourth-order valence-corrected chi connectivity index (χ4v) is 2.93. The number of hydrogen-bond donors (Lipinski definition) is 1. The van der Waals surface area contributed by atoms with Gasteiger partial charge in [0.1, 0.15) is 11.1 Å². The molecule has 1 aromatic carbocycles. The molecule has 0 aliphatic carbocycles. The third kappa shape index (κ3) is 2.98. The summed E-state index contributed by atoms with van der Waals surface area (Å²) in [5, 5.41) is 2.54. The molecular weight excluding hydrogens is 281 g/mol. The van der Waals surface area contributed by atoms with E-state index < -0.39 is 17.0 Å². The molecule has 1 aliphatic heterocycles. The molecule has 0 aromatic heterocycles. The Hall–Kier alpha value is -1.89. The quantitative estimate of drug-likeness (QED) is 0.923. The molecule has 1 saturated heterocycles. The minimum Gasteiger partial charge on any atom is -0.324 e. The highest BCUT2D eigenvalue weighted by atomic mass is 32.2. The molecule has 1 fully saturated rings. The van der Waals surface area contributed by atoms with Gasteiger partial charge in [0, 0.05) is 20.5 Å². The molecule has 1 atom stereocenters. The van der Waals surface area contributed by atoms with E-state index in [1.165, 1.54) is 28.8 Å². The highest BCUT2D eigenvalue weighted by Crippen LogP contribution is 2.28. The number of aliphatic imine (C=N–C) groups is 1. The lowest BCUT2D eigenvalue weighted by atomic mass is 10.2. The van der Waals surface area contributed by atoms with Gasteiger partial charge in [0.2, 0.25) is 11.8 Å². The van der Waals surface area contributed by atoms with Crippen LogP contribution in [0, 0.1) is 5.82 Å². The normalized spacial score (nSPS) is 20.6. The number of nitrogens with zero attached hydrogens (tertiary/aromatic N) is 2. The first-order valence-corrected chi connectivity index (χ1v) is 6.86. The Labute approximate surface area is 120 Å². The summed E-state index contributed by atoms with van der Waals surface area (Å²) in [6.07, 6.45) is -0.0127. The molecular formula is C13H14FN3O2S. The van der Waals surface area contributed by atoms with Crippen LogP contribution < -0.4 is 5.32 Å². The minimum absolute atomic E-state index is 0.0127. The molecule has 1 N–H and O–H groups in total. The summed E-state index contributed by atoms with van der Waals surface area (Å²) >= 11 is 1.24. The number of hydrogen-bond acceptors (Lipinski definition) is 4. The van der Waals surface area contributed by atoms with Crippen LogP contribution in [0.15, 0.2) is 29.3 Å². The Morgan fingerprint density at radius 1 is 1.50 bits per heavy atom. The zero-order chi connectivity index (χ0) is 14.7. The molecule has 0 radical (unpaired) electrons. The van der Waals surface area contributed by atoms with Crippen molar-refractivity contribution in [1.29, 1.82) is 0 Å². The molecule has 1 heterocycles. The number of halogens is 1. The summed E-state index contributed by atoms with van der Waals surface area (Å²) in [5.41, 5.74) is 0.116. The molecule has 106 valence electrons. The molecule has 7 heteroatoms. The number of carbonyl (C=O) groups excluding carboxylic acids is 2. The summed E-state index contributed by atoms with van der Waals surface area (Å²) in [4.78, 5) is 29.2. The van der Waals surface area contributed by atoms with Gasteiger partial charge in [-0.15, -0.1) is 0 Å². The maximum atomic E-state index is 13.4. The number of carbonyl (C=O) groups is 2. The van der Waals surface area contributed by atoms with E-state index in [0.717, 1.165) is 0 Å². The first kappa shape index (κ1) is 14.5. The second-order valence-corrected chi connectivity index (χ2v) is 5.41. The molecule has 20 heavy (non-hydrogen) atoms. The van der Waals surface area contributed by atoms with E-state index in [9.17, 15) is 14.0 Å². The van der Waals surface area contributed by atoms with E-state index in [4.69, 9.17) is 0 Å². The van der Waals surface area contributed by atoms with Crippen molar-refractivity contribution in [1.82, 2.24) is 4.90 Å². The number of para-hydroxylation sites is 1. The lowest BCUT2D eigenvalue weighted by molar-refractivity contribution is -0.127. The van der Waals surface area contributed by atoms with Gasteiger partial charge in [-0.1, -0.05) is 23.9 Å². The first-order chi connectivity index (χ1) is 9.52. The van der Waals surface area contributed by atoms with Crippen LogP contribution in [0.1, 0.15) is 6.42 Å². The van der Waals surface area contributed by atoms with Gasteiger partial charge in [0.05, 0.1) is 5.69 Å². The van der Waals surface area contributed by atoms with Crippen LogP contribution in [0.3, 0.4) is 0 Å². The number of anilines is 1. The van der Waals surface area contributed by atoms with Crippen LogP contribution in [-0.2, 0) is 9.59 Å². The van der Waals surface area contributed by atoms with E-state index in [1.54, 1.807) is 26.2 Å². The molecule has 2 rings (SSSR count). The number of benzene rings is 1. The monoisotopic (exact) mass is 295 g/mol. The smallest absolute Gasteiger partial charge is 0.242 e. The van der Waals surface area contributed by atoms with E-state index in [0.29, 0.717) is 5.17 Å². The summed E-state index contributed by atoms with van der Waals surface area (Å²) in [5.74, 6) is -1.06. The molecule has 1 aliphatic rings. The van der Waals surface area contributed by atoms with Gasteiger partial charge < -0.3 is 5.32 Å². The van der Waals surface area contributed by atoms with Gasteiger partial charge in [0.25, 0.3) is 0 Å². The highest BCUT2D eigenvalue weighted by molar-refractivity contribution is 8.15. The van der Waals surface area contributed by atoms with Crippen LogP contribution in [0.4, 0.5) is 10.1 Å². The number of amidine groups is 1. The van der Waals surface area contributed by atoms with Gasteiger partial charge in [-0.3, -0.25) is 19.5 Å². The summed E-state index contributed by atoms with van der Waals surface area (Å²) < 4.78 is 13.4. The van der Waals surface area contributed by atoms with E-state index in [2.05, 4.69) is 10.3 Å². The van der Waals surface area contributed by atoms with Crippen molar-refractivity contribution in [3.8, 4) is 0 Å². The topological polar surface area (TPSA) is 61.8 Å². The summed E-state index contributed by atoms with van der Waals surface area (Å²) in [7, 11) is 3.21. The summed E-state index contributed by atoms with van der Waals surface area (Å²) in [6.45, 7) is 0. The fourth-order valence-electron chi connectivity index (χ4n) is 1.83. The van der Waals surface area contributed by atoms with Crippen LogP contribution in [0.5, 0.6) is 0 Å². The van der Waals surface area contributed by atoms with Crippen molar-refractivity contribution in [2.45, 2.75) is 11.7 Å². The highest BCUT2D eigenvalue weighted by Gasteiger charge is 2.36. The Balaban J connectivity index is 1.99. The minimum atomic E-state index is -0.509. The van der Waals surface area contributed by atoms with Crippen LogP contribution in [0.25, 0.3) is 0 Å². The Morgan fingerprint density at radius 2 is 2.20 bits per heavy atom. The van der Waals surface area contributed by atoms with Crippen molar-refractivity contribution in [2.24, 2.45) is 4.99 Å². The zero-order valence-electron chi connectivity index (χ0n) is 11.1. The van der Waals surface area contributed by atoms with Crippen molar-refractivity contribution >= 4 is 34.4 Å². The van der Waals surface area contributed by atoms with Crippen molar-refractivity contribution in [3.63, 3.8) is 0 Å². The van der Waals surface area contributed by atoms with Crippen LogP contribution in [-0.4, -0.2) is 41.2 Å². The Bertz CT molecular complexity index is 576. The largest absolute Gasteiger partial charge is 0.324 e. The second kappa shape index (κ2) is 6.04. The van der Waals surface area contributed by atoms with Crippen molar-refractivity contribution in [2.75, 3.05) is 19.4 Å². The molecule has 0 spiro atoms. The average molecular weight is 295 g/mol. The standard InChI is InChI=1S/C13H14FN3O2S/c1-15-13-17(2)12(19)10(20-13)7-11(18)16-9-6-4-3-5-8(9)14/h3-6,10H,7H2,1-2H3,(H,16,18)/t10-/m0/s1. The van der Waals surface area contributed by atoms with Gasteiger partial charge in [0.15, 0.2) is 5.17 Å². The number of thioether (sulfide) groups is 1. The number of rotatable bonds is 3. The van der Waals surface area contributed by atoms with Gasteiger partial charge in [-0.2, -0.15) is 0 Å². The Kier molecular flexibility index (Phi) is 4.39. The predicted octanol–water partition coefficient (Wildman–Crippen LogP) is 1.71. The Morgan fingerprint density at radius 3 is 2.80 bits per heavy atom. The van der Waals surface area contributed by atoms with Crippen molar-refractivity contribution < 1.29 is 14.0 Å². The lowest BCUT2D eigenvalue weighted by Crippen LogP contribution is -2.30. The third-order valence-corrected chi connectivity index (χ3v) is 4.17. The lowest BCUT2D eigenvalue weighted by Gasteiger charge is -2.09. The molecule has 0 unspecified atom stereocenters. The first-order valence-electron chi connectivity index (χ1n) is 5.98. The maximum absolute atomic E-state index is 13.4. The molecule has 2 amide bonds.